The molecule has 17 heavy (non-hydrogen) atoms. The zero-order valence-electron chi connectivity index (χ0n) is 9.14. The number of hydrogen-bond donors (Lipinski definition) is 0. The Hall–Kier alpha value is -2.16. The van der Waals surface area contributed by atoms with Gasteiger partial charge in [-0.3, -0.25) is 4.79 Å². The molecule has 1 amide bonds. The SMILES string of the molecule is [CH2]c1ccccc1N(F)C(=O)c1ccccc1. The van der Waals surface area contributed by atoms with Crippen molar-refractivity contribution in [3.63, 3.8) is 0 Å². The van der Waals surface area contributed by atoms with Crippen molar-refractivity contribution in [2.24, 2.45) is 0 Å². The molecule has 0 aliphatic rings. The molecule has 0 unspecified atom stereocenters. The van der Waals surface area contributed by atoms with Crippen molar-refractivity contribution in [1.29, 1.82) is 0 Å². The van der Waals surface area contributed by atoms with Crippen LogP contribution in [-0.2, 0) is 0 Å². The molecule has 0 saturated carbocycles. The number of rotatable bonds is 2. The van der Waals surface area contributed by atoms with Crippen molar-refractivity contribution >= 4 is 11.6 Å². The van der Waals surface area contributed by atoms with Crippen LogP contribution in [-0.4, -0.2) is 5.91 Å². The number of carbonyl (C=O) groups is 1. The quantitative estimate of drug-likeness (QED) is 0.721. The molecule has 0 saturated heterocycles. The predicted molar refractivity (Wildman–Crippen MR) is 65.3 cm³/mol. The lowest BCUT2D eigenvalue weighted by Crippen LogP contribution is -2.22. The molecule has 2 rings (SSSR count). The second-order valence-corrected chi connectivity index (χ2v) is 3.58. The summed E-state index contributed by atoms with van der Waals surface area (Å²) >= 11 is 0. The van der Waals surface area contributed by atoms with E-state index in [4.69, 9.17) is 0 Å². The first-order chi connectivity index (χ1) is 8.20. The van der Waals surface area contributed by atoms with Crippen LogP contribution in [0.25, 0.3) is 0 Å². The summed E-state index contributed by atoms with van der Waals surface area (Å²) in [4.78, 5) is 11.8. The minimum Gasteiger partial charge on any atom is -0.266 e. The van der Waals surface area contributed by atoms with Gasteiger partial charge >= 0.3 is 0 Å². The fourth-order valence-electron chi connectivity index (χ4n) is 1.51. The smallest absolute Gasteiger partial charge is 0.266 e. The molecule has 0 spiro atoms. The average Bonchev–Trinajstić information content (AvgIpc) is 2.39. The molecule has 1 radical (unpaired) electrons. The molecular weight excluding hydrogens is 217 g/mol. The highest BCUT2D eigenvalue weighted by atomic mass is 19.2. The highest BCUT2D eigenvalue weighted by Crippen LogP contribution is 2.21. The van der Waals surface area contributed by atoms with Gasteiger partial charge in [-0.2, -0.15) is 0 Å². The van der Waals surface area contributed by atoms with E-state index < -0.39 is 5.91 Å². The zero-order chi connectivity index (χ0) is 12.3. The van der Waals surface area contributed by atoms with Crippen LogP contribution in [0.3, 0.4) is 0 Å². The highest BCUT2D eigenvalue weighted by Gasteiger charge is 2.18. The molecular formula is C14H11FNO. The van der Waals surface area contributed by atoms with Crippen molar-refractivity contribution < 1.29 is 9.28 Å². The van der Waals surface area contributed by atoms with E-state index in [2.05, 4.69) is 6.92 Å². The van der Waals surface area contributed by atoms with Crippen molar-refractivity contribution in [2.75, 3.05) is 5.12 Å². The maximum Gasteiger partial charge on any atom is 0.286 e. The van der Waals surface area contributed by atoms with E-state index in [1.165, 1.54) is 6.07 Å². The van der Waals surface area contributed by atoms with Crippen LogP contribution >= 0.6 is 0 Å². The Bertz CT molecular complexity index is 525. The number of halogens is 1. The van der Waals surface area contributed by atoms with E-state index in [-0.39, 0.29) is 10.8 Å². The van der Waals surface area contributed by atoms with Crippen LogP contribution in [0.5, 0.6) is 0 Å². The van der Waals surface area contributed by atoms with E-state index in [1.54, 1.807) is 48.5 Å². The number of hydrogen-bond acceptors (Lipinski definition) is 1. The second-order valence-electron chi connectivity index (χ2n) is 3.58. The van der Waals surface area contributed by atoms with E-state index >= 15 is 0 Å². The minimum atomic E-state index is -0.693. The summed E-state index contributed by atoms with van der Waals surface area (Å²) in [5.41, 5.74) is 0.943. The maximum absolute atomic E-state index is 13.9. The molecule has 0 heterocycles. The van der Waals surface area contributed by atoms with Gasteiger partial charge in [0, 0.05) is 5.56 Å². The topological polar surface area (TPSA) is 20.3 Å². The van der Waals surface area contributed by atoms with Gasteiger partial charge in [-0.15, -0.1) is 5.12 Å². The highest BCUT2D eigenvalue weighted by molar-refractivity contribution is 6.04. The van der Waals surface area contributed by atoms with Crippen LogP contribution in [0.4, 0.5) is 10.2 Å². The summed E-state index contributed by atoms with van der Waals surface area (Å²) < 4.78 is 13.9. The summed E-state index contributed by atoms with van der Waals surface area (Å²) in [6.45, 7) is 3.68. The third kappa shape index (κ3) is 2.33. The molecule has 0 aliphatic carbocycles. The maximum atomic E-state index is 13.9. The number of nitrogens with zero attached hydrogens (tertiary/aromatic N) is 1. The van der Waals surface area contributed by atoms with Crippen LogP contribution in [0, 0.1) is 6.92 Å². The van der Waals surface area contributed by atoms with Gasteiger partial charge in [0.1, 0.15) is 0 Å². The number of para-hydroxylation sites is 1. The van der Waals surface area contributed by atoms with Crippen LogP contribution < -0.4 is 5.12 Å². The number of carbonyl (C=O) groups excluding carboxylic acids is 1. The molecule has 0 bridgehead atoms. The Kier molecular flexibility index (Phi) is 3.19. The Morgan fingerprint density at radius 2 is 1.59 bits per heavy atom. The first kappa shape index (κ1) is 11.3. The molecule has 0 N–H and O–H groups in total. The molecule has 0 atom stereocenters. The van der Waals surface area contributed by atoms with E-state index in [1.807, 2.05) is 0 Å². The van der Waals surface area contributed by atoms with Gasteiger partial charge in [-0.05, 0) is 30.7 Å². The Morgan fingerprint density at radius 1 is 1.00 bits per heavy atom. The van der Waals surface area contributed by atoms with Gasteiger partial charge in [0.15, 0.2) is 0 Å². The van der Waals surface area contributed by atoms with Gasteiger partial charge in [0.2, 0.25) is 0 Å². The molecule has 2 nitrogen and oxygen atoms in total. The average molecular weight is 228 g/mol. The third-order valence-electron chi connectivity index (χ3n) is 2.40. The van der Waals surface area contributed by atoms with Gasteiger partial charge < -0.3 is 0 Å². The fourth-order valence-corrected chi connectivity index (χ4v) is 1.51. The van der Waals surface area contributed by atoms with Crippen molar-refractivity contribution in [3.8, 4) is 0 Å². The van der Waals surface area contributed by atoms with Crippen LogP contribution in [0.1, 0.15) is 15.9 Å². The molecule has 85 valence electrons. The summed E-state index contributed by atoms with van der Waals surface area (Å²) in [5, 5.41) is 0.123. The first-order valence-corrected chi connectivity index (χ1v) is 5.16. The van der Waals surface area contributed by atoms with Crippen molar-refractivity contribution in [1.82, 2.24) is 0 Å². The fraction of sp³-hybridized carbons (Fsp3) is 0. The normalized spacial score (nSPS) is 10.0. The third-order valence-corrected chi connectivity index (χ3v) is 2.40. The monoisotopic (exact) mass is 228 g/mol. The largest absolute Gasteiger partial charge is 0.286 e. The van der Waals surface area contributed by atoms with Gasteiger partial charge in [-0.1, -0.05) is 40.9 Å². The lowest BCUT2D eigenvalue weighted by Gasteiger charge is -2.14. The molecule has 2 aromatic carbocycles. The Balaban J connectivity index is 2.30. The zero-order valence-corrected chi connectivity index (χ0v) is 9.14. The summed E-state index contributed by atoms with van der Waals surface area (Å²) in [5.74, 6) is -0.693. The van der Waals surface area contributed by atoms with Crippen molar-refractivity contribution in [2.45, 2.75) is 0 Å². The lowest BCUT2D eigenvalue weighted by atomic mass is 10.1. The number of benzene rings is 2. The van der Waals surface area contributed by atoms with Gasteiger partial charge in [0.25, 0.3) is 5.91 Å². The Morgan fingerprint density at radius 3 is 2.24 bits per heavy atom. The molecule has 0 aliphatic heterocycles. The molecule has 2 aromatic rings. The predicted octanol–water partition coefficient (Wildman–Crippen LogP) is 3.40. The summed E-state index contributed by atoms with van der Waals surface area (Å²) in [7, 11) is 0. The molecule has 0 fully saturated rings. The second kappa shape index (κ2) is 4.78. The number of anilines is 1. The van der Waals surface area contributed by atoms with E-state index in [0.29, 0.717) is 11.1 Å². The van der Waals surface area contributed by atoms with Crippen LogP contribution in [0.2, 0.25) is 0 Å². The van der Waals surface area contributed by atoms with Gasteiger partial charge in [-0.25, -0.2) is 0 Å². The Labute approximate surface area is 99.2 Å². The summed E-state index contributed by atoms with van der Waals surface area (Å²) in [6, 6.07) is 14.9. The summed E-state index contributed by atoms with van der Waals surface area (Å²) in [6.07, 6.45) is 0. The van der Waals surface area contributed by atoms with Crippen LogP contribution in [0.15, 0.2) is 54.6 Å². The first-order valence-electron chi connectivity index (χ1n) is 5.16. The van der Waals surface area contributed by atoms with Crippen molar-refractivity contribution in [3.05, 3.63) is 72.6 Å². The van der Waals surface area contributed by atoms with E-state index in [9.17, 15) is 9.28 Å². The van der Waals surface area contributed by atoms with Gasteiger partial charge in [0.05, 0.1) is 5.69 Å². The lowest BCUT2D eigenvalue weighted by molar-refractivity contribution is 0.0931. The standard InChI is InChI=1S/C14H11FNO/c1-11-7-5-6-10-13(11)16(15)14(17)12-8-3-2-4-9-12/h2-10H,1H2. The molecule has 0 aromatic heterocycles. The van der Waals surface area contributed by atoms with E-state index in [0.717, 1.165) is 0 Å². The number of amides is 1. The minimum absolute atomic E-state index is 0.123. The molecule has 3 heteroatoms.